The summed E-state index contributed by atoms with van der Waals surface area (Å²) < 4.78 is 1.03. The molecule has 1 aromatic heterocycles. The van der Waals surface area contributed by atoms with Crippen molar-refractivity contribution in [2.24, 2.45) is 0 Å². The Hall–Kier alpha value is -1.77. The molecule has 1 N–H and O–H groups in total. The minimum absolute atomic E-state index is 0.521. The average Bonchev–Trinajstić information content (AvgIpc) is 2.65. The first kappa shape index (κ1) is 9.77. The van der Waals surface area contributed by atoms with E-state index in [4.69, 9.17) is 0 Å². The lowest BCUT2D eigenvalue weighted by atomic mass is 10.0. The van der Waals surface area contributed by atoms with Crippen LogP contribution in [-0.4, -0.2) is 14.9 Å². The number of benzene rings is 1. The summed E-state index contributed by atoms with van der Waals surface area (Å²) in [4.78, 5) is 4.07. The van der Waals surface area contributed by atoms with Crippen molar-refractivity contribution in [2.75, 3.05) is 0 Å². The summed E-state index contributed by atoms with van der Waals surface area (Å²) in [6.45, 7) is 4.31. The Labute approximate surface area is 89.0 Å². The molecule has 1 aromatic carbocycles. The van der Waals surface area contributed by atoms with Crippen molar-refractivity contribution in [3.63, 3.8) is 0 Å². The Kier molecular flexibility index (Phi) is 2.46. The number of nitrogens with zero attached hydrogens (tertiary/aromatic N) is 2. The molecule has 2 rings (SSSR count). The highest BCUT2D eigenvalue weighted by molar-refractivity contribution is 5.55. The molecule has 0 aliphatic rings. The second-order valence-corrected chi connectivity index (χ2v) is 3.87. The van der Waals surface area contributed by atoms with E-state index >= 15 is 0 Å². The normalized spacial score (nSPS) is 10.9. The zero-order valence-corrected chi connectivity index (χ0v) is 8.88. The van der Waals surface area contributed by atoms with Crippen molar-refractivity contribution in [3.05, 3.63) is 42.2 Å². The molecular weight excluding hydrogens is 188 g/mol. The molecule has 0 spiro atoms. The Morgan fingerprint density at radius 1 is 1.20 bits per heavy atom. The predicted molar refractivity (Wildman–Crippen MR) is 58.9 cm³/mol. The zero-order chi connectivity index (χ0) is 10.8. The first-order valence-electron chi connectivity index (χ1n) is 5.01. The second kappa shape index (κ2) is 3.77. The van der Waals surface area contributed by atoms with E-state index in [0.29, 0.717) is 11.7 Å². The van der Waals surface area contributed by atoms with E-state index in [-0.39, 0.29) is 0 Å². The molecule has 3 nitrogen and oxygen atoms in total. The molecule has 0 atom stereocenters. The largest absolute Gasteiger partial charge is 0.427 e. The van der Waals surface area contributed by atoms with Crippen LogP contribution >= 0.6 is 0 Å². The van der Waals surface area contributed by atoms with E-state index in [2.05, 4.69) is 31.0 Å². The van der Waals surface area contributed by atoms with E-state index < -0.39 is 0 Å². The molecule has 0 unspecified atom stereocenters. The third-order valence-corrected chi connectivity index (χ3v) is 2.46. The summed E-state index contributed by atoms with van der Waals surface area (Å²) in [5, 5.41) is 9.44. The number of imidazole rings is 1. The van der Waals surface area contributed by atoms with Gasteiger partial charge in [-0.05, 0) is 11.5 Å². The van der Waals surface area contributed by atoms with Crippen LogP contribution in [0.4, 0.5) is 0 Å². The van der Waals surface area contributed by atoms with E-state index in [9.17, 15) is 5.21 Å². The third-order valence-electron chi connectivity index (χ3n) is 2.46. The molecule has 2 aromatic rings. The van der Waals surface area contributed by atoms with E-state index in [1.165, 1.54) is 11.8 Å². The molecule has 78 valence electrons. The van der Waals surface area contributed by atoms with Crippen LogP contribution in [0, 0.1) is 0 Å². The van der Waals surface area contributed by atoms with Crippen LogP contribution in [0.25, 0.3) is 11.4 Å². The number of hydrogen-bond donors (Lipinski definition) is 1. The van der Waals surface area contributed by atoms with Crippen molar-refractivity contribution in [2.45, 2.75) is 19.8 Å². The summed E-state index contributed by atoms with van der Waals surface area (Å²) in [6.07, 6.45) is 3.09. The Morgan fingerprint density at radius 2 is 1.87 bits per heavy atom. The molecule has 0 bridgehead atoms. The Balaban J connectivity index is 2.36. The van der Waals surface area contributed by atoms with E-state index in [1.54, 1.807) is 6.20 Å². The molecule has 3 heteroatoms. The smallest absolute Gasteiger partial charge is 0.175 e. The SMILES string of the molecule is CC(C)c1ccc(-c2nccn2O)cc1. The van der Waals surface area contributed by atoms with Crippen LogP contribution in [0.3, 0.4) is 0 Å². The quantitative estimate of drug-likeness (QED) is 0.760. The maximum absolute atomic E-state index is 9.44. The third kappa shape index (κ3) is 1.86. The lowest BCUT2D eigenvalue weighted by molar-refractivity contribution is 0.191. The molecule has 0 saturated heterocycles. The highest BCUT2D eigenvalue weighted by atomic mass is 16.5. The molecule has 0 aliphatic carbocycles. The van der Waals surface area contributed by atoms with Crippen molar-refractivity contribution >= 4 is 0 Å². The fraction of sp³-hybridized carbons (Fsp3) is 0.250. The maximum atomic E-state index is 9.44. The van der Waals surface area contributed by atoms with Gasteiger partial charge in [0, 0.05) is 11.8 Å². The maximum Gasteiger partial charge on any atom is 0.175 e. The summed E-state index contributed by atoms with van der Waals surface area (Å²) in [5.41, 5.74) is 2.21. The summed E-state index contributed by atoms with van der Waals surface area (Å²) >= 11 is 0. The van der Waals surface area contributed by atoms with Gasteiger partial charge in [-0.3, -0.25) is 0 Å². The van der Waals surface area contributed by atoms with Crippen LogP contribution in [0.5, 0.6) is 0 Å². The number of hydrogen-bond acceptors (Lipinski definition) is 2. The second-order valence-electron chi connectivity index (χ2n) is 3.87. The summed E-state index contributed by atoms with van der Waals surface area (Å²) in [6, 6.07) is 8.08. The molecule has 0 saturated carbocycles. The van der Waals surface area contributed by atoms with Gasteiger partial charge in [-0.1, -0.05) is 38.1 Å². The zero-order valence-electron chi connectivity index (χ0n) is 8.88. The first-order chi connectivity index (χ1) is 7.18. The van der Waals surface area contributed by atoms with Gasteiger partial charge in [-0.25, -0.2) is 4.98 Å². The summed E-state index contributed by atoms with van der Waals surface area (Å²) in [7, 11) is 0. The number of aromatic nitrogens is 2. The van der Waals surface area contributed by atoms with E-state index in [0.717, 1.165) is 10.3 Å². The van der Waals surface area contributed by atoms with Gasteiger partial charge in [0.15, 0.2) is 5.82 Å². The molecule has 1 heterocycles. The average molecular weight is 202 g/mol. The highest BCUT2D eigenvalue weighted by Gasteiger charge is 2.05. The van der Waals surface area contributed by atoms with Crippen molar-refractivity contribution < 1.29 is 5.21 Å². The fourth-order valence-electron chi connectivity index (χ4n) is 1.52. The van der Waals surface area contributed by atoms with Gasteiger partial charge < -0.3 is 5.21 Å². The Bertz CT molecular complexity index is 443. The van der Waals surface area contributed by atoms with Gasteiger partial charge in [0.2, 0.25) is 0 Å². The van der Waals surface area contributed by atoms with Gasteiger partial charge in [-0.2, -0.15) is 4.73 Å². The van der Waals surface area contributed by atoms with Gasteiger partial charge in [0.05, 0.1) is 6.20 Å². The van der Waals surface area contributed by atoms with Crippen LogP contribution in [0.15, 0.2) is 36.7 Å². The molecule has 0 amide bonds. The van der Waals surface area contributed by atoms with Gasteiger partial charge >= 0.3 is 0 Å². The standard InChI is InChI=1S/C12H14N2O/c1-9(2)10-3-5-11(6-4-10)12-13-7-8-14(12)15/h3-9,15H,1-2H3. The minimum Gasteiger partial charge on any atom is -0.427 e. The fourth-order valence-corrected chi connectivity index (χ4v) is 1.52. The van der Waals surface area contributed by atoms with Crippen molar-refractivity contribution in [1.82, 2.24) is 9.71 Å². The first-order valence-corrected chi connectivity index (χ1v) is 5.01. The van der Waals surface area contributed by atoms with Gasteiger partial charge in [0.25, 0.3) is 0 Å². The van der Waals surface area contributed by atoms with Crippen LogP contribution in [0.2, 0.25) is 0 Å². The van der Waals surface area contributed by atoms with Crippen LogP contribution < -0.4 is 0 Å². The van der Waals surface area contributed by atoms with Crippen molar-refractivity contribution in [1.29, 1.82) is 0 Å². The minimum atomic E-state index is 0.521. The topological polar surface area (TPSA) is 38.0 Å². The monoisotopic (exact) mass is 202 g/mol. The highest BCUT2D eigenvalue weighted by Crippen LogP contribution is 2.20. The lowest BCUT2D eigenvalue weighted by Crippen LogP contribution is -1.93. The lowest BCUT2D eigenvalue weighted by Gasteiger charge is -2.06. The van der Waals surface area contributed by atoms with Gasteiger partial charge in [0.1, 0.15) is 0 Å². The molecule has 0 radical (unpaired) electrons. The molecule has 15 heavy (non-hydrogen) atoms. The van der Waals surface area contributed by atoms with Crippen LogP contribution in [-0.2, 0) is 0 Å². The van der Waals surface area contributed by atoms with Gasteiger partial charge in [-0.15, -0.1) is 0 Å². The summed E-state index contributed by atoms with van der Waals surface area (Å²) in [5.74, 6) is 1.10. The molecule has 0 fully saturated rings. The predicted octanol–water partition coefficient (Wildman–Crippen LogP) is 2.91. The molecular formula is C12H14N2O. The van der Waals surface area contributed by atoms with Crippen molar-refractivity contribution in [3.8, 4) is 11.4 Å². The van der Waals surface area contributed by atoms with E-state index in [1.807, 2.05) is 12.1 Å². The van der Waals surface area contributed by atoms with Crippen LogP contribution in [0.1, 0.15) is 25.3 Å². The Morgan fingerprint density at radius 3 is 2.33 bits per heavy atom. The molecule has 0 aliphatic heterocycles. The number of rotatable bonds is 2.